The number of aryl methyl sites for hydroxylation is 2. The Bertz CT molecular complexity index is 1040. The molecule has 8 heteroatoms. The SMILES string of the molecule is Cc1nc2ccc(C(=O)O[C@H](C)C(=O)Nc3ccnn3C(C)C)cc2nc1C. The van der Waals surface area contributed by atoms with E-state index in [2.05, 4.69) is 20.4 Å². The number of nitrogens with one attached hydrogen (secondary N) is 1. The van der Waals surface area contributed by atoms with E-state index in [1.165, 1.54) is 6.92 Å². The summed E-state index contributed by atoms with van der Waals surface area (Å²) in [4.78, 5) is 33.8. The number of esters is 1. The molecule has 0 fully saturated rings. The molecule has 1 atom stereocenters. The summed E-state index contributed by atoms with van der Waals surface area (Å²) < 4.78 is 7.00. The van der Waals surface area contributed by atoms with Crippen LogP contribution in [0.1, 0.15) is 48.6 Å². The number of aromatic nitrogens is 4. The van der Waals surface area contributed by atoms with Crippen LogP contribution in [0.25, 0.3) is 11.0 Å². The lowest BCUT2D eigenvalue weighted by atomic mass is 10.2. The van der Waals surface area contributed by atoms with E-state index in [0.29, 0.717) is 22.4 Å². The van der Waals surface area contributed by atoms with Gasteiger partial charge in [-0.1, -0.05) is 0 Å². The van der Waals surface area contributed by atoms with Crippen molar-refractivity contribution in [1.82, 2.24) is 19.7 Å². The Morgan fingerprint density at radius 2 is 1.71 bits per heavy atom. The van der Waals surface area contributed by atoms with Gasteiger partial charge in [-0.05, 0) is 52.8 Å². The molecule has 1 amide bonds. The Morgan fingerprint density at radius 3 is 2.39 bits per heavy atom. The summed E-state index contributed by atoms with van der Waals surface area (Å²) in [5.74, 6) is -0.473. The molecule has 3 aromatic rings. The number of rotatable bonds is 5. The number of benzene rings is 1. The van der Waals surface area contributed by atoms with Crippen LogP contribution in [0.2, 0.25) is 0 Å². The minimum absolute atomic E-state index is 0.0916. The standard InChI is InChI=1S/C20H23N5O3/c1-11(2)25-18(8-9-21-25)24-19(26)14(5)28-20(27)15-6-7-16-17(10-15)23-13(4)12(3)22-16/h6-11,14H,1-5H3,(H,24,26)/t14-/m1/s1. The zero-order valence-electron chi connectivity index (χ0n) is 16.6. The molecular weight excluding hydrogens is 358 g/mol. The maximum Gasteiger partial charge on any atom is 0.338 e. The number of hydrogen-bond acceptors (Lipinski definition) is 6. The van der Waals surface area contributed by atoms with Crippen LogP contribution >= 0.6 is 0 Å². The fourth-order valence-electron chi connectivity index (χ4n) is 2.69. The average Bonchev–Trinajstić information content (AvgIpc) is 3.10. The van der Waals surface area contributed by atoms with E-state index in [1.807, 2.05) is 27.7 Å². The highest BCUT2D eigenvalue weighted by Gasteiger charge is 2.21. The lowest BCUT2D eigenvalue weighted by molar-refractivity contribution is -0.123. The molecule has 28 heavy (non-hydrogen) atoms. The van der Waals surface area contributed by atoms with Crippen molar-refractivity contribution in [2.75, 3.05) is 5.32 Å². The quantitative estimate of drug-likeness (QED) is 0.681. The van der Waals surface area contributed by atoms with Crippen molar-refractivity contribution in [3.63, 3.8) is 0 Å². The first-order valence-electron chi connectivity index (χ1n) is 9.06. The van der Waals surface area contributed by atoms with Gasteiger partial charge in [0.05, 0.1) is 34.2 Å². The summed E-state index contributed by atoms with van der Waals surface area (Å²) in [6.45, 7) is 9.18. The molecule has 146 valence electrons. The molecular formula is C20H23N5O3. The Hall–Kier alpha value is -3.29. The average molecular weight is 381 g/mol. The van der Waals surface area contributed by atoms with Crippen molar-refractivity contribution in [3.05, 3.63) is 47.4 Å². The number of hydrogen-bond donors (Lipinski definition) is 1. The molecule has 0 unspecified atom stereocenters. The van der Waals surface area contributed by atoms with Crippen molar-refractivity contribution >= 4 is 28.7 Å². The summed E-state index contributed by atoms with van der Waals surface area (Å²) in [5, 5.41) is 6.89. The van der Waals surface area contributed by atoms with Gasteiger partial charge in [0.15, 0.2) is 6.10 Å². The van der Waals surface area contributed by atoms with Crippen molar-refractivity contribution in [3.8, 4) is 0 Å². The number of fused-ring (bicyclic) bond motifs is 1. The van der Waals surface area contributed by atoms with Gasteiger partial charge < -0.3 is 10.1 Å². The highest BCUT2D eigenvalue weighted by Crippen LogP contribution is 2.17. The van der Waals surface area contributed by atoms with Gasteiger partial charge >= 0.3 is 5.97 Å². The number of carbonyl (C=O) groups excluding carboxylic acids is 2. The highest BCUT2D eigenvalue weighted by molar-refractivity contribution is 5.98. The van der Waals surface area contributed by atoms with Crippen LogP contribution in [0.15, 0.2) is 30.5 Å². The fourth-order valence-corrected chi connectivity index (χ4v) is 2.69. The maximum atomic E-state index is 12.5. The second kappa shape index (κ2) is 7.75. The van der Waals surface area contributed by atoms with Crippen LogP contribution in [0.5, 0.6) is 0 Å². The predicted molar refractivity (Wildman–Crippen MR) is 105 cm³/mol. The van der Waals surface area contributed by atoms with Crippen LogP contribution in [-0.2, 0) is 9.53 Å². The van der Waals surface area contributed by atoms with Gasteiger partial charge in [0.25, 0.3) is 5.91 Å². The van der Waals surface area contributed by atoms with E-state index < -0.39 is 18.0 Å². The molecule has 8 nitrogen and oxygen atoms in total. The van der Waals surface area contributed by atoms with Gasteiger partial charge in [0.2, 0.25) is 0 Å². The van der Waals surface area contributed by atoms with Gasteiger partial charge in [-0.25, -0.2) is 19.4 Å². The van der Waals surface area contributed by atoms with Gasteiger partial charge in [-0.15, -0.1) is 0 Å². The molecule has 0 spiro atoms. The lowest BCUT2D eigenvalue weighted by Crippen LogP contribution is -2.31. The minimum atomic E-state index is -0.968. The Morgan fingerprint density at radius 1 is 1.04 bits per heavy atom. The number of anilines is 1. The molecule has 0 bridgehead atoms. The lowest BCUT2D eigenvalue weighted by Gasteiger charge is -2.16. The predicted octanol–water partition coefficient (Wildman–Crippen LogP) is 3.21. The van der Waals surface area contributed by atoms with Crippen LogP contribution < -0.4 is 5.32 Å². The van der Waals surface area contributed by atoms with E-state index in [-0.39, 0.29) is 6.04 Å². The number of nitrogens with zero attached hydrogens (tertiary/aromatic N) is 4. The van der Waals surface area contributed by atoms with E-state index >= 15 is 0 Å². The maximum absolute atomic E-state index is 12.5. The first kappa shape index (κ1) is 19.5. The van der Waals surface area contributed by atoms with Crippen molar-refractivity contribution in [2.45, 2.75) is 46.8 Å². The van der Waals surface area contributed by atoms with Crippen LogP contribution in [0.3, 0.4) is 0 Å². The first-order valence-corrected chi connectivity index (χ1v) is 9.06. The molecule has 2 aromatic heterocycles. The van der Waals surface area contributed by atoms with Crippen LogP contribution in [0.4, 0.5) is 5.82 Å². The van der Waals surface area contributed by atoms with Crippen LogP contribution in [-0.4, -0.2) is 37.7 Å². The second-order valence-electron chi connectivity index (χ2n) is 6.89. The minimum Gasteiger partial charge on any atom is -0.449 e. The van der Waals surface area contributed by atoms with E-state index in [4.69, 9.17) is 4.74 Å². The van der Waals surface area contributed by atoms with E-state index in [0.717, 1.165) is 11.4 Å². The third-order valence-electron chi connectivity index (χ3n) is 4.37. The molecule has 1 N–H and O–H groups in total. The van der Waals surface area contributed by atoms with Crippen molar-refractivity contribution in [2.24, 2.45) is 0 Å². The normalized spacial score (nSPS) is 12.2. The molecule has 0 saturated heterocycles. The molecule has 0 saturated carbocycles. The van der Waals surface area contributed by atoms with Gasteiger partial charge in [0.1, 0.15) is 5.82 Å². The number of ether oxygens (including phenoxy) is 1. The molecule has 0 aliphatic carbocycles. The zero-order valence-corrected chi connectivity index (χ0v) is 16.6. The molecule has 0 aliphatic rings. The summed E-state index contributed by atoms with van der Waals surface area (Å²) in [6.07, 6.45) is 0.635. The van der Waals surface area contributed by atoms with Gasteiger partial charge in [-0.2, -0.15) is 5.10 Å². The summed E-state index contributed by atoms with van der Waals surface area (Å²) in [7, 11) is 0. The molecule has 2 heterocycles. The Labute approximate surface area is 162 Å². The Balaban J connectivity index is 1.71. The third-order valence-corrected chi connectivity index (χ3v) is 4.37. The Kier molecular flexibility index (Phi) is 5.39. The van der Waals surface area contributed by atoms with Crippen molar-refractivity contribution < 1.29 is 14.3 Å². The van der Waals surface area contributed by atoms with Gasteiger partial charge in [0, 0.05) is 12.1 Å². The monoisotopic (exact) mass is 381 g/mol. The molecule has 3 rings (SSSR count). The topological polar surface area (TPSA) is 99.0 Å². The first-order chi connectivity index (χ1) is 13.3. The number of amides is 1. The van der Waals surface area contributed by atoms with Gasteiger partial charge in [-0.3, -0.25) is 4.79 Å². The van der Waals surface area contributed by atoms with Crippen molar-refractivity contribution in [1.29, 1.82) is 0 Å². The summed E-state index contributed by atoms with van der Waals surface area (Å²) >= 11 is 0. The molecule has 1 aromatic carbocycles. The fraction of sp³-hybridized carbons (Fsp3) is 0.350. The van der Waals surface area contributed by atoms with E-state index in [1.54, 1.807) is 35.1 Å². The summed E-state index contributed by atoms with van der Waals surface area (Å²) in [5.41, 5.74) is 3.26. The largest absolute Gasteiger partial charge is 0.449 e. The molecule has 0 radical (unpaired) electrons. The van der Waals surface area contributed by atoms with E-state index in [9.17, 15) is 9.59 Å². The molecule has 0 aliphatic heterocycles. The smallest absolute Gasteiger partial charge is 0.338 e. The third kappa shape index (κ3) is 4.00. The zero-order chi connectivity index (χ0) is 20.4. The summed E-state index contributed by atoms with van der Waals surface area (Å²) in [6, 6.07) is 6.74. The highest BCUT2D eigenvalue weighted by atomic mass is 16.5. The van der Waals surface area contributed by atoms with Crippen LogP contribution in [0, 0.1) is 13.8 Å². The number of carbonyl (C=O) groups is 2. The second-order valence-corrected chi connectivity index (χ2v) is 6.89.